The highest BCUT2D eigenvalue weighted by Crippen LogP contribution is 2.10. The molecule has 0 aliphatic rings. The van der Waals surface area contributed by atoms with E-state index in [0.717, 1.165) is 0 Å². The third-order valence-electron chi connectivity index (χ3n) is 2.52. The van der Waals surface area contributed by atoms with E-state index in [1.54, 1.807) is 13.8 Å². The molecule has 6 nitrogen and oxygen atoms in total. The van der Waals surface area contributed by atoms with Crippen LogP contribution in [0.15, 0.2) is 5.18 Å². The molecule has 0 aliphatic heterocycles. The second-order valence-electron chi connectivity index (χ2n) is 5.01. The molecule has 0 unspecified atom stereocenters. The minimum absolute atomic E-state index is 0.208. The number of esters is 1. The van der Waals surface area contributed by atoms with Crippen LogP contribution in [0.3, 0.4) is 0 Å². The Morgan fingerprint density at radius 2 is 1.78 bits per heavy atom. The van der Waals surface area contributed by atoms with Crippen molar-refractivity contribution < 1.29 is 14.3 Å². The summed E-state index contributed by atoms with van der Waals surface area (Å²) in [5, 5.41) is 5.31. The highest BCUT2D eigenvalue weighted by molar-refractivity contribution is 5.87. The van der Waals surface area contributed by atoms with Crippen LogP contribution < -0.4 is 5.32 Å². The number of rotatable bonds is 7. The first-order chi connectivity index (χ1) is 8.33. The number of ether oxygens (including phenoxy) is 1. The second-order valence-corrected chi connectivity index (χ2v) is 5.01. The largest absolute Gasteiger partial charge is 0.467 e. The van der Waals surface area contributed by atoms with Gasteiger partial charge in [-0.05, 0) is 18.3 Å². The van der Waals surface area contributed by atoms with E-state index in [2.05, 4.69) is 15.2 Å². The van der Waals surface area contributed by atoms with Gasteiger partial charge in [-0.2, -0.15) is 0 Å². The summed E-state index contributed by atoms with van der Waals surface area (Å²) in [6.07, 6.45) is 0.460. The van der Waals surface area contributed by atoms with E-state index in [1.165, 1.54) is 7.11 Å². The van der Waals surface area contributed by atoms with E-state index >= 15 is 0 Å². The highest BCUT2D eigenvalue weighted by atomic mass is 16.5. The first kappa shape index (κ1) is 16.5. The number of nitroso groups, excluding NO2 is 1. The van der Waals surface area contributed by atoms with E-state index < -0.39 is 24.0 Å². The Morgan fingerprint density at radius 1 is 1.22 bits per heavy atom. The Labute approximate surface area is 107 Å². The van der Waals surface area contributed by atoms with Gasteiger partial charge < -0.3 is 10.1 Å². The molecule has 0 aliphatic carbocycles. The lowest BCUT2D eigenvalue weighted by Crippen LogP contribution is -2.47. The number of nitrogens with one attached hydrogen (secondary N) is 1. The average molecular weight is 258 g/mol. The molecule has 0 saturated heterocycles. The molecule has 1 amide bonds. The monoisotopic (exact) mass is 258 g/mol. The normalized spacial score (nSPS) is 14.2. The van der Waals surface area contributed by atoms with Crippen LogP contribution in [0.2, 0.25) is 0 Å². The van der Waals surface area contributed by atoms with Crippen LogP contribution in [0.25, 0.3) is 0 Å². The summed E-state index contributed by atoms with van der Waals surface area (Å²) in [5.74, 6) is -1.03. The average Bonchev–Trinajstić information content (AvgIpc) is 2.26. The summed E-state index contributed by atoms with van der Waals surface area (Å²) >= 11 is 0. The Hall–Kier alpha value is -1.46. The van der Waals surface area contributed by atoms with Gasteiger partial charge in [0.15, 0.2) is 6.04 Å². The van der Waals surface area contributed by atoms with E-state index in [0.29, 0.717) is 6.42 Å². The number of methoxy groups -OCH3 is 1. The van der Waals surface area contributed by atoms with Crippen LogP contribution in [0, 0.1) is 16.7 Å². The summed E-state index contributed by atoms with van der Waals surface area (Å²) in [5.41, 5.74) is 0. The molecule has 0 heterocycles. The number of nitrogens with zero attached hydrogens (tertiary/aromatic N) is 1. The van der Waals surface area contributed by atoms with Gasteiger partial charge >= 0.3 is 5.97 Å². The van der Waals surface area contributed by atoms with Gasteiger partial charge in [-0.1, -0.05) is 32.9 Å². The van der Waals surface area contributed by atoms with Crippen LogP contribution in [0.1, 0.15) is 34.1 Å². The molecule has 0 saturated carbocycles. The van der Waals surface area contributed by atoms with Crippen molar-refractivity contribution in [3.63, 3.8) is 0 Å². The van der Waals surface area contributed by atoms with Crippen LogP contribution >= 0.6 is 0 Å². The van der Waals surface area contributed by atoms with Crippen molar-refractivity contribution in [2.45, 2.75) is 46.2 Å². The minimum Gasteiger partial charge on any atom is -0.467 e. The van der Waals surface area contributed by atoms with Gasteiger partial charge in [0.1, 0.15) is 6.04 Å². The van der Waals surface area contributed by atoms with Crippen molar-refractivity contribution in [2.75, 3.05) is 7.11 Å². The van der Waals surface area contributed by atoms with Gasteiger partial charge in [0.25, 0.3) is 0 Å². The smallest absolute Gasteiger partial charge is 0.328 e. The fourth-order valence-corrected chi connectivity index (χ4v) is 1.56. The summed E-state index contributed by atoms with van der Waals surface area (Å²) in [6, 6.07) is -1.71. The van der Waals surface area contributed by atoms with Crippen LogP contribution in [0.4, 0.5) is 0 Å². The van der Waals surface area contributed by atoms with Crippen LogP contribution in [0.5, 0.6) is 0 Å². The molecule has 0 aromatic rings. The predicted octanol–water partition coefficient (Wildman–Crippen LogP) is 1.48. The molecule has 1 N–H and O–H groups in total. The first-order valence-corrected chi connectivity index (χ1v) is 6.04. The lowest BCUT2D eigenvalue weighted by molar-refractivity contribution is -0.145. The molecule has 2 atom stereocenters. The van der Waals surface area contributed by atoms with E-state index in [9.17, 15) is 14.5 Å². The summed E-state index contributed by atoms with van der Waals surface area (Å²) in [6.45, 7) is 7.31. The Bertz CT molecular complexity index is 302. The lowest BCUT2D eigenvalue weighted by Gasteiger charge is -2.20. The Morgan fingerprint density at radius 3 is 2.11 bits per heavy atom. The molecule has 18 heavy (non-hydrogen) atoms. The third kappa shape index (κ3) is 5.25. The summed E-state index contributed by atoms with van der Waals surface area (Å²) < 4.78 is 4.63. The van der Waals surface area contributed by atoms with Gasteiger partial charge in [-0.3, -0.25) is 4.79 Å². The maximum Gasteiger partial charge on any atom is 0.328 e. The van der Waals surface area contributed by atoms with Crippen molar-refractivity contribution in [3.8, 4) is 0 Å². The number of amides is 1. The molecular formula is C12H22N2O4. The fraction of sp³-hybridized carbons (Fsp3) is 0.833. The molecule has 0 fully saturated rings. The molecule has 104 valence electrons. The second kappa shape index (κ2) is 7.79. The highest BCUT2D eigenvalue weighted by Gasteiger charge is 2.29. The van der Waals surface area contributed by atoms with E-state index in [1.807, 2.05) is 13.8 Å². The molecular weight excluding hydrogens is 236 g/mol. The van der Waals surface area contributed by atoms with Crippen LogP contribution in [-0.2, 0) is 14.3 Å². The van der Waals surface area contributed by atoms with Crippen molar-refractivity contribution in [3.05, 3.63) is 4.91 Å². The number of hydrogen-bond acceptors (Lipinski definition) is 5. The van der Waals surface area contributed by atoms with Crippen molar-refractivity contribution in [1.29, 1.82) is 0 Å². The topological polar surface area (TPSA) is 84.8 Å². The predicted molar refractivity (Wildman–Crippen MR) is 67.8 cm³/mol. The molecule has 0 spiro atoms. The SMILES string of the molecule is COC(=O)[C@H](CC(C)C)NC(=O)[C@@H](N=O)C(C)C. The maximum absolute atomic E-state index is 11.8. The Balaban J connectivity index is 4.71. The molecule has 6 heteroatoms. The molecule has 0 aromatic carbocycles. The van der Waals surface area contributed by atoms with Gasteiger partial charge in [-0.15, -0.1) is 4.91 Å². The zero-order valence-electron chi connectivity index (χ0n) is 11.6. The van der Waals surface area contributed by atoms with Gasteiger partial charge in [-0.25, -0.2) is 4.79 Å². The zero-order valence-corrected chi connectivity index (χ0v) is 11.6. The first-order valence-electron chi connectivity index (χ1n) is 6.04. The quantitative estimate of drug-likeness (QED) is 0.553. The summed E-state index contributed by atoms with van der Waals surface area (Å²) in [4.78, 5) is 33.9. The van der Waals surface area contributed by atoms with Crippen molar-refractivity contribution >= 4 is 11.9 Å². The molecule has 0 rings (SSSR count). The molecule has 0 radical (unpaired) electrons. The maximum atomic E-state index is 11.8. The molecule has 0 aromatic heterocycles. The van der Waals surface area contributed by atoms with E-state index in [4.69, 9.17) is 0 Å². The van der Waals surface area contributed by atoms with Gasteiger partial charge in [0, 0.05) is 0 Å². The minimum atomic E-state index is -0.982. The number of carbonyl (C=O) groups is 2. The van der Waals surface area contributed by atoms with Crippen LogP contribution in [-0.4, -0.2) is 31.1 Å². The van der Waals surface area contributed by atoms with Gasteiger partial charge in [0.05, 0.1) is 7.11 Å². The van der Waals surface area contributed by atoms with Crippen molar-refractivity contribution in [2.24, 2.45) is 17.0 Å². The zero-order chi connectivity index (χ0) is 14.3. The number of hydrogen-bond donors (Lipinski definition) is 1. The standard InChI is InChI=1S/C12H22N2O4/c1-7(2)6-9(12(16)18-5)13-11(15)10(14-17)8(3)4/h7-10H,6H2,1-5H3,(H,13,15)/t9-,10-/m0/s1. The lowest BCUT2D eigenvalue weighted by atomic mass is 10.0. The summed E-state index contributed by atoms with van der Waals surface area (Å²) in [7, 11) is 1.26. The fourth-order valence-electron chi connectivity index (χ4n) is 1.56. The molecule has 0 bridgehead atoms. The van der Waals surface area contributed by atoms with Crippen molar-refractivity contribution in [1.82, 2.24) is 5.32 Å². The number of carbonyl (C=O) groups excluding carboxylic acids is 2. The Kier molecular flexibility index (Phi) is 7.16. The van der Waals surface area contributed by atoms with E-state index in [-0.39, 0.29) is 11.8 Å². The third-order valence-corrected chi connectivity index (χ3v) is 2.52. The van der Waals surface area contributed by atoms with Gasteiger partial charge in [0.2, 0.25) is 5.91 Å².